The van der Waals surface area contributed by atoms with Crippen molar-refractivity contribution in [3.05, 3.63) is 29.8 Å². The van der Waals surface area contributed by atoms with Crippen molar-refractivity contribution >= 4 is 21.6 Å². The lowest BCUT2D eigenvalue weighted by Gasteiger charge is -2.21. The fraction of sp³-hybridized carbons (Fsp3) is 0.500. The molecule has 0 heterocycles. The van der Waals surface area contributed by atoms with E-state index in [4.69, 9.17) is 11.6 Å². The van der Waals surface area contributed by atoms with E-state index in [9.17, 15) is 21.6 Å². The van der Waals surface area contributed by atoms with Crippen LogP contribution in [-0.2, 0) is 16.2 Å². The average molecular weight is 330 g/mol. The predicted octanol–water partition coefficient (Wildman–Crippen LogP) is 3.25. The number of hydrogen-bond acceptors (Lipinski definition) is 2. The lowest BCUT2D eigenvalue weighted by atomic mass is 10.1. The molecule has 0 bridgehead atoms. The highest BCUT2D eigenvalue weighted by Crippen LogP contribution is 2.34. The molecule has 0 radical (unpaired) electrons. The van der Waals surface area contributed by atoms with E-state index in [2.05, 4.69) is 4.72 Å². The number of benzene rings is 1. The fourth-order valence-electron chi connectivity index (χ4n) is 1.54. The van der Waals surface area contributed by atoms with Gasteiger partial charge in [0.15, 0.2) is 0 Å². The first-order valence-corrected chi connectivity index (χ1v) is 7.86. The normalized spacial score (nSPS) is 14.6. The van der Waals surface area contributed by atoms with Crippen LogP contribution in [0.4, 0.5) is 13.2 Å². The van der Waals surface area contributed by atoms with Gasteiger partial charge in [0, 0.05) is 11.9 Å². The first-order valence-electron chi connectivity index (χ1n) is 5.84. The Morgan fingerprint density at radius 1 is 1.25 bits per heavy atom. The van der Waals surface area contributed by atoms with Gasteiger partial charge >= 0.3 is 6.18 Å². The smallest absolute Gasteiger partial charge is 0.207 e. The van der Waals surface area contributed by atoms with Crippen LogP contribution in [-0.4, -0.2) is 20.3 Å². The van der Waals surface area contributed by atoms with Gasteiger partial charge in [-0.25, -0.2) is 13.1 Å². The molecule has 3 nitrogen and oxygen atoms in total. The van der Waals surface area contributed by atoms with E-state index in [0.29, 0.717) is 0 Å². The Morgan fingerprint density at radius 3 is 2.25 bits per heavy atom. The molecule has 1 aromatic carbocycles. The Morgan fingerprint density at radius 2 is 1.80 bits per heavy atom. The molecule has 8 heteroatoms. The first-order chi connectivity index (χ1) is 9.09. The molecule has 0 aliphatic heterocycles. The quantitative estimate of drug-likeness (QED) is 0.843. The van der Waals surface area contributed by atoms with Gasteiger partial charge in [-0.05, 0) is 18.1 Å². The van der Waals surface area contributed by atoms with Gasteiger partial charge in [0.2, 0.25) is 10.0 Å². The fourth-order valence-corrected chi connectivity index (χ4v) is 3.68. The van der Waals surface area contributed by atoms with Crippen LogP contribution in [0, 0.1) is 5.92 Å². The molecule has 0 aromatic heterocycles. The van der Waals surface area contributed by atoms with Crippen LogP contribution in [0.5, 0.6) is 0 Å². The van der Waals surface area contributed by atoms with Crippen molar-refractivity contribution in [1.29, 1.82) is 0 Å². The van der Waals surface area contributed by atoms with E-state index in [1.165, 1.54) is 6.07 Å². The summed E-state index contributed by atoms with van der Waals surface area (Å²) in [7, 11) is -4.28. The molecule has 1 unspecified atom stereocenters. The highest BCUT2D eigenvalue weighted by atomic mass is 35.5. The summed E-state index contributed by atoms with van der Waals surface area (Å²) in [5.41, 5.74) is -1.19. The Labute approximate surface area is 121 Å². The predicted molar refractivity (Wildman–Crippen MR) is 71.1 cm³/mol. The Balaban J connectivity index is 3.23. The van der Waals surface area contributed by atoms with Crippen LogP contribution in [0.1, 0.15) is 19.4 Å². The lowest BCUT2D eigenvalue weighted by molar-refractivity contribution is -0.139. The SMILES string of the molecule is CC(C)C(CCl)NS(=O)(=O)c1ccccc1C(F)(F)F. The molecule has 0 aliphatic rings. The van der Waals surface area contributed by atoms with Gasteiger partial charge in [0.05, 0.1) is 10.5 Å². The molecular formula is C12H15ClF3NO2S. The van der Waals surface area contributed by atoms with Gasteiger partial charge < -0.3 is 0 Å². The molecule has 1 aromatic rings. The standard InChI is InChI=1S/C12H15ClF3NO2S/c1-8(2)10(7-13)17-20(18,19)11-6-4-3-5-9(11)12(14,15)16/h3-6,8,10,17H,7H2,1-2H3. The molecule has 1 atom stereocenters. The monoisotopic (exact) mass is 329 g/mol. The van der Waals surface area contributed by atoms with Gasteiger partial charge in [0.1, 0.15) is 0 Å². The van der Waals surface area contributed by atoms with Crippen molar-refractivity contribution in [3.8, 4) is 0 Å². The number of hydrogen-bond donors (Lipinski definition) is 1. The van der Waals surface area contributed by atoms with E-state index in [-0.39, 0.29) is 11.8 Å². The third-order valence-electron chi connectivity index (χ3n) is 2.76. The number of rotatable bonds is 5. The van der Waals surface area contributed by atoms with Crippen molar-refractivity contribution in [2.24, 2.45) is 5.92 Å². The zero-order chi connectivity index (χ0) is 15.6. The maximum atomic E-state index is 12.8. The van der Waals surface area contributed by atoms with Gasteiger partial charge in [-0.2, -0.15) is 13.2 Å². The molecular weight excluding hydrogens is 315 g/mol. The summed E-state index contributed by atoms with van der Waals surface area (Å²) in [5, 5.41) is 0. The molecule has 0 amide bonds. The molecule has 1 rings (SSSR count). The minimum absolute atomic E-state index is 0.0227. The van der Waals surface area contributed by atoms with Crippen molar-refractivity contribution < 1.29 is 21.6 Å². The molecule has 1 N–H and O–H groups in total. The maximum absolute atomic E-state index is 12.8. The van der Waals surface area contributed by atoms with E-state index in [1.54, 1.807) is 13.8 Å². The molecule has 0 saturated heterocycles. The average Bonchev–Trinajstić information content (AvgIpc) is 2.34. The van der Waals surface area contributed by atoms with E-state index >= 15 is 0 Å². The van der Waals surface area contributed by atoms with Crippen molar-refractivity contribution in [2.75, 3.05) is 5.88 Å². The van der Waals surface area contributed by atoms with Gasteiger partial charge in [-0.1, -0.05) is 26.0 Å². The van der Waals surface area contributed by atoms with Crippen molar-refractivity contribution in [3.63, 3.8) is 0 Å². The first kappa shape index (κ1) is 17.3. The van der Waals surface area contributed by atoms with Crippen molar-refractivity contribution in [1.82, 2.24) is 4.72 Å². The number of halogens is 4. The third-order valence-corrected chi connectivity index (χ3v) is 4.64. The van der Waals surface area contributed by atoms with E-state index in [1.807, 2.05) is 0 Å². The third kappa shape index (κ3) is 4.10. The second-order valence-corrected chi connectivity index (χ2v) is 6.61. The molecule has 0 aliphatic carbocycles. The van der Waals surface area contributed by atoms with Gasteiger partial charge in [-0.3, -0.25) is 0 Å². The van der Waals surface area contributed by atoms with Crippen LogP contribution in [0.3, 0.4) is 0 Å². The maximum Gasteiger partial charge on any atom is 0.417 e. The number of alkyl halides is 4. The highest BCUT2D eigenvalue weighted by Gasteiger charge is 2.37. The minimum Gasteiger partial charge on any atom is -0.207 e. The van der Waals surface area contributed by atoms with Crippen LogP contribution in [0.25, 0.3) is 0 Å². The zero-order valence-corrected chi connectivity index (χ0v) is 12.5. The van der Waals surface area contributed by atoms with Gasteiger partial charge in [0.25, 0.3) is 0 Å². The van der Waals surface area contributed by atoms with Crippen LogP contribution < -0.4 is 4.72 Å². The molecule has 0 spiro atoms. The molecule has 0 saturated carbocycles. The highest BCUT2D eigenvalue weighted by molar-refractivity contribution is 7.89. The van der Waals surface area contributed by atoms with Crippen LogP contribution in [0.15, 0.2) is 29.2 Å². The Kier molecular flexibility index (Phi) is 5.46. The summed E-state index contributed by atoms with van der Waals surface area (Å²) in [4.78, 5) is -0.789. The van der Waals surface area contributed by atoms with Crippen molar-refractivity contribution in [2.45, 2.75) is 31.0 Å². The number of nitrogens with one attached hydrogen (secondary N) is 1. The van der Waals surface area contributed by atoms with Crippen LogP contribution in [0.2, 0.25) is 0 Å². The minimum atomic E-state index is -4.74. The number of sulfonamides is 1. The second-order valence-electron chi connectivity index (χ2n) is 4.62. The molecule has 0 fully saturated rings. The molecule has 114 valence electrons. The summed E-state index contributed by atoms with van der Waals surface area (Å²) < 4.78 is 64.9. The zero-order valence-electron chi connectivity index (χ0n) is 10.9. The Bertz CT molecular complexity index is 558. The summed E-state index contributed by atoms with van der Waals surface area (Å²) in [6.07, 6.45) is -4.74. The second kappa shape index (κ2) is 6.32. The van der Waals surface area contributed by atoms with Crippen LogP contribution >= 0.6 is 11.6 Å². The largest absolute Gasteiger partial charge is 0.417 e. The van der Waals surface area contributed by atoms with E-state index in [0.717, 1.165) is 18.2 Å². The molecule has 20 heavy (non-hydrogen) atoms. The van der Waals surface area contributed by atoms with E-state index < -0.39 is 32.7 Å². The summed E-state index contributed by atoms with van der Waals surface area (Å²) in [6.45, 7) is 3.45. The van der Waals surface area contributed by atoms with Gasteiger partial charge in [-0.15, -0.1) is 11.6 Å². The lowest BCUT2D eigenvalue weighted by Crippen LogP contribution is -2.40. The summed E-state index contributed by atoms with van der Waals surface area (Å²) in [6, 6.07) is 3.41. The topological polar surface area (TPSA) is 46.2 Å². The summed E-state index contributed by atoms with van der Waals surface area (Å²) in [5.74, 6) is -0.161. The summed E-state index contributed by atoms with van der Waals surface area (Å²) >= 11 is 5.64. The Hall–Kier alpha value is -0.790.